The van der Waals surface area contributed by atoms with E-state index in [-0.39, 0.29) is 5.91 Å². The van der Waals surface area contributed by atoms with Crippen LogP contribution in [0.25, 0.3) is 0 Å². The molecule has 1 rings (SSSR count). The summed E-state index contributed by atoms with van der Waals surface area (Å²) in [6, 6.07) is 0. The minimum atomic E-state index is -0.164. The number of nitrogens with one attached hydrogen (secondary N) is 1. The molecular weight excluding hydrogens is 278 g/mol. The molecule has 3 N–H and O–H groups in total. The second-order valence-corrected chi connectivity index (χ2v) is 5.11. The molecule has 0 unspecified atom stereocenters. The fourth-order valence-corrected chi connectivity index (χ4v) is 3.03. The summed E-state index contributed by atoms with van der Waals surface area (Å²) >= 11 is 1.35. The third-order valence-electron chi connectivity index (χ3n) is 2.86. The lowest BCUT2D eigenvalue weighted by Gasteiger charge is -2.21. The van der Waals surface area contributed by atoms with Crippen LogP contribution in [0.2, 0.25) is 0 Å². The number of hydrogen-bond acceptors (Lipinski definition) is 6. The van der Waals surface area contributed by atoms with Crippen LogP contribution in [0.5, 0.6) is 5.75 Å². The molecule has 6 nitrogen and oxygen atoms in total. The Balaban J connectivity index is 3.11. The van der Waals surface area contributed by atoms with Crippen molar-refractivity contribution in [3.8, 4) is 5.75 Å². The monoisotopic (exact) mass is 301 g/mol. The molecule has 0 aliphatic heterocycles. The number of nitrogens with two attached hydrogens (primary N) is 1. The second kappa shape index (κ2) is 7.96. The molecule has 0 bridgehead atoms. The summed E-state index contributed by atoms with van der Waals surface area (Å²) < 4.78 is 10.5. The molecule has 0 radical (unpaired) electrons. The van der Waals surface area contributed by atoms with Gasteiger partial charge in [0.05, 0.1) is 13.7 Å². The van der Waals surface area contributed by atoms with E-state index in [1.54, 1.807) is 14.2 Å². The van der Waals surface area contributed by atoms with Crippen LogP contribution in [-0.2, 0) is 4.74 Å². The fourth-order valence-electron chi connectivity index (χ4n) is 1.84. The van der Waals surface area contributed by atoms with E-state index in [1.165, 1.54) is 11.3 Å². The van der Waals surface area contributed by atoms with Gasteiger partial charge >= 0.3 is 0 Å². The van der Waals surface area contributed by atoms with Crippen molar-refractivity contribution >= 4 is 27.9 Å². The molecule has 1 heterocycles. The lowest BCUT2D eigenvalue weighted by Crippen LogP contribution is -2.26. The van der Waals surface area contributed by atoms with Crippen molar-refractivity contribution in [3.05, 3.63) is 4.88 Å². The minimum Gasteiger partial charge on any atom is -0.492 e. The van der Waals surface area contributed by atoms with Gasteiger partial charge in [-0.3, -0.25) is 4.79 Å². The number of nitrogen functional groups attached to an aromatic ring is 1. The molecule has 0 spiro atoms. The summed E-state index contributed by atoms with van der Waals surface area (Å²) in [5.74, 6) is 0.400. The summed E-state index contributed by atoms with van der Waals surface area (Å²) in [4.78, 5) is 14.6. The highest BCUT2D eigenvalue weighted by molar-refractivity contribution is 7.19. The molecule has 1 amide bonds. The first-order chi connectivity index (χ1) is 9.60. The summed E-state index contributed by atoms with van der Waals surface area (Å²) in [5, 5.41) is 3.63. The smallest absolute Gasteiger partial charge is 0.263 e. The van der Waals surface area contributed by atoms with E-state index >= 15 is 0 Å². The molecule has 7 heteroatoms. The van der Waals surface area contributed by atoms with Crippen molar-refractivity contribution < 1.29 is 14.3 Å². The highest BCUT2D eigenvalue weighted by Crippen LogP contribution is 2.44. The van der Waals surface area contributed by atoms with Crippen LogP contribution in [0.3, 0.4) is 0 Å². The molecule has 1 aromatic rings. The standard InChI is InChI=1S/C13H23N3O3S/c1-5-15-12(17)11-9(14)10(19-4)13(20-11)16(6-2)7-8-18-3/h5-8,14H2,1-4H3,(H,15,17). The number of carbonyl (C=O) groups excluding carboxylic acids is 1. The Hall–Kier alpha value is -1.47. The van der Waals surface area contributed by atoms with Gasteiger partial charge in [0.15, 0.2) is 5.75 Å². The first-order valence-electron chi connectivity index (χ1n) is 6.58. The molecule has 0 saturated heterocycles. The van der Waals surface area contributed by atoms with Crippen LogP contribution >= 0.6 is 11.3 Å². The van der Waals surface area contributed by atoms with Gasteiger partial charge in [0.1, 0.15) is 15.6 Å². The topological polar surface area (TPSA) is 76.8 Å². The average Bonchev–Trinajstić information content (AvgIpc) is 2.77. The van der Waals surface area contributed by atoms with E-state index in [1.807, 2.05) is 13.8 Å². The van der Waals surface area contributed by atoms with Crippen LogP contribution in [0.4, 0.5) is 10.7 Å². The molecule has 0 aliphatic carbocycles. The summed E-state index contributed by atoms with van der Waals surface area (Å²) in [5.41, 5.74) is 6.43. The largest absolute Gasteiger partial charge is 0.492 e. The van der Waals surface area contributed by atoms with Crippen molar-refractivity contribution in [1.82, 2.24) is 5.32 Å². The maximum absolute atomic E-state index is 12.0. The first-order valence-corrected chi connectivity index (χ1v) is 7.40. The van der Waals surface area contributed by atoms with E-state index in [0.717, 1.165) is 18.1 Å². The number of amides is 1. The van der Waals surface area contributed by atoms with Gasteiger partial charge < -0.3 is 25.4 Å². The molecule has 0 fully saturated rings. The molecule has 114 valence electrons. The first kappa shape index (κ1) is 16.6. The quantitative estimate of drug-likeness (QED) is 0.762. The molecule has 20 heavy (non-hydrogen) atoms. The Kier molecular flexibility index (Phi) is 6.60. The Bertz CT molecular complexity index is 448. The van der Waals surface area contributed by atoms with Crippen LogP contribution in [0, 0.1) is 0 Å². The Labute approximate surface area is 123 Å². The zero-order valence-electron chi connectivity index (χ0n) is 12.5. The predicted octanol–water partition coefficient (Wildman–Crippen LogP) is 1.56. The molecule has 0 saturated carbocycles. The number of rotatable bonds is 8. The van der Waals surface area contributed by atoms with Gasteiger partial charge in [-0.05, 0) is 13.8 Å². The Morgan fingerprint density at radius 1 is 1.40 bits per heavy atom. The lowest BCUT2D eigenvalue weighted by molar-refractivity contribution is 0.0960. The highest BCUT2D eigenvalue weighted by atomic mass is 32.1. The van der Waals surface area contributed by atoms with E-state index in [0.29, 0.717) is 29.5 Å². The van der Waals surface area contributed by atoms with E-state index < -0.39 is 0 Å². The van der Waals surface area contributed by atoms with Crippen molar-refractivity contribution in [2.45, 2.75) is 13.8 Å². The van der Waals surface area contributed by atoms with Crippen molar-refractivity contribution in [1.29, 1.82) is 0 Å². The zero-order valence-corrected chi connectivity index (χ0v) is 13.3. The SMILES string of the molecule is CCNC(=O)c1sc(N(CC)CCOC)c(OC)c1N. The third-order valence-corrected chi connectivity index (χ3v) is 4.11. The Morgan fingerprint density at radius 2 is 2.10 bits per heavy atom. The molecule has 0 atom stereocenters. The number of methoxy groups -OCH3 is 2. The molecule has 0 aromatic carbocycles. The summed E-state index contributed by atoms with van der Waals surface area (Å²) in [6.45, 7) is 6.58. The zero-order chi connectivity index (χ0) is 15.1. The molecule has 0 aliphatic rings. The molecular formula is C13H23N3O3S. The van der Waals surface area contributed by atoms with Crippen molar-refractivity contribution in [3.63, 3.8) is 0 Å². The van der Waals surface area contributed by atoms with E-state index in [9.17, 15) is 4.79 Å². The average molecular weight is 301 g/mol. The minimum absolute atomic E-state index is 0.164. The number of likely N-dealkylation sites (N-methyl/N-ethyl adjacent to an activating group) is 1. The van der Waals surface area contributed by atoms with Crippen LogP contribution in [0.15, 0.2) is 0 Å². The number of carbonyl (C=O) groups is 1. The summed E-state index contributed by atoms with van der Waals surface area (Å²) in [7, 11) is 3.22. The lowest BCUT2D eigenvalue weighted by atomic mass is 10.3. The van der Waals surface area contributed by atoms with Gasteiger partial charge in [-0.25, -0.2) is 0 Å². The third kappa shape index (κ3) is 3.55. The number of ether oxygens (including phenoxy) is 2. The van der Waals surface area contributed by atoms with Crippen molar-refractivity contribution in [2.24, 2.45) is 0 Å². The fraction of sp³-hybridized carbons (Fsp3) is 0.615. The predicted molar refractivity (Wildman–Crippen MR) is 83.1 cm³/mol. The van der Waals surface area contributed by atoms with Crippen molar-refractivity contribution in [2.75, 3.05) is 51.1 Å². The second-order valence-electron chi connectivity index (χ2n) is 4.12. The highest BCUT2D eigenvalue weighted by Gasteiger charge is 2.24. The number of thiophene rings is 1. The van der Waals surface area contributed by atoms with E-state index in [2.05, 4.69) is 10.2 Å². The number of hydrogen-bond donors (Lipinski definition) is 2. The normalized spacial score (nSPS) is 10.4. The van der Waals surface area contributed by atoms with Gasteiger partial charge in [0, 0.05) is 26.7 Å². The van der Waals surface area contributed by atoms with Gasteiger partial charge in [0.25, 0.3) is 5.91 Å². The Morgan fingerprint density at radius 3 is 2.60 bits per heavy atom. The number of anilines is 2. The number of nitrogens with zero attached hydrogens (tertiary/aromatic N) is 1. The van der Waals surface area contributed by atoms with Crippen LogP contribution in [-0.4, -0.2) is 46.4 Å². The summed E-state index contributed by atoms with van der Waals surface area (Å²) in [6.07, 6.45) is 0. The van der Waals surface area contributed by atoms with Crippen LogP contribution < -0.4 is 20.7 Å². The van der Waals surface area contributed by atoms with E-state index in [4.69, 9.17) is 15.2 Å². The van der Waals surface area contributed by atoms with Gasteiger partial charge in [-0.2, -0.15) is 0 Å². The molecule has 1 aromatic heterocycles. The van der Waals surface area contributed by atoms with Gasteiger partial charge in [0.2, 0.25) is 0 Å². The van der Waals surface area contributed by atoms with Gasteiger partial charge in [-0.1, -0.05) is 0 Å². The maximum atomic E-state index is 12.0. The van der Waals surface area contributed by atoms with Gasteiger partial charge in [-0.15, -0.1) is 11.3 Å². The maximum Gasteiger partial charge on any atom is 0.263 e. The van der Waals surface area contributed by atoms with Crippen LogP contribution in [0.1, 0.15) is 23.5 Å².